The van der Waals surface area contributed by atoms with E-state index in [0.717, 1.165) is 32.6 Å². The molecule has 0 aliphatic rings. The quantitative estimate of drug-likeness (QED) is 0.303. The van der Waals surface area contributed by atoms with Crippen LogP contribution in [-0.4, -0.2) is 10.8 Å². The van der Waals surface area contributed by atoms with E-state index in [1.807, 2.05) is 66.7 Å². The summed E-state index contributed by atoms with van der Waals surface area (Å²) in [6.07, 6.45) is 0. The molecule has 31 heavy (non-hydrogen) atoms. The number of hydrogen-bond acceptors (Lipinski definition) is 4. The number of halogens is 1. The standard InChI is InChI=1S/C26H17ClN2OS/c27-19-13-11-18(12-14-19)24(30)25-23(28)22-20(16-7-3-1-4-8-16)15-21(29-26(22)31-25)17-9-5-2-6-10-17/h1-15H,28H2. The van der Waals surface area contributed by atoms with Gasteiger partial charge in [-0.1, -0.05) is 72.3 Å². The average molecular weight is 441 g/mol. The molecule has 0 unspecified atom stereocenters. The monoisotopic (exact) mass is 440 g/mol. The number of rotatable bonds is 4. The number of pyridine rings is 1. The van der Waals surface area contributed by atoms with Crippen molar-refractivity contribution in [3.05, 3.63) is 106 Å². The summed E-state index contributed by atoms with van der Waals surface area (Å²) in [5.74, 6) is -0.127. The van der Waals surface area contributed by atoms with E-state index in [1.165, 1.54) is 11.3 Å². The molecular weight excluding hydrogens is 424 g/mol. The number of hydrogen-bond donors (Lipinski definition) is 1. The van der Waals surface area contributed by atoms with E-state index in [4.69, 9.17) is 22.3 Å². The molecule has 3 aromatic carbocycles. The fourth-order valence-corrected chi connectivity index (χ4v) is 4.83. The first-order valence-corrected chi connectivity index (χ1v) is 11.0. The predicted molar refractivity (Wildman–Crippen MR) is 130 cm³/mol. The molecule has 0 amide bonds. The molecule has 0 aliphatic heterocycles. The summed E-state index contributed by atoms with van der Waals surface area (Å²) >= 11 is 7.31. The summed E-state index contributed by atoms with van der Waals surface area (Å²) in [4.78, 5) is 19.3. The third-order valence-electron chi connectivity index (χ3n) is 5.17. The van der Waals surface area contributed by atoms with Crippen molar-refractivity contribution in [3.63, 3.8) is 0 Å². The van der Waals surface area contributed by atoms with Crippen LogP contribution in [0.3, 0.4) is 0 Å². The second kappa shape index (κ2) is 7.99. The maximum absolute atomic E-state index is 13.2. The summed E-state index contributed by atoms with van der Waals surface area (Å²) in [5, 5.41) is 1.40. The Morgan fingerprint density at radius 1 is 0.839 bits per heavy atom. The van der Waals surface area contributed by atoms with Crippen molar-refractivity contribution in [2.45, 2.75) is 0 Å². The van der Waals surface area contributed by atoms with Gasteiger partial charge in [0.15, 0.2) is 0 Å². The minimum Gasteiger partial charge on any atom is -0.397 e. The van der Waals surface area contributed by atoms with Crippen molar-refractivity contribution < 1.29 is 4.79 Å². The molecule has 2 N–H and O–H groups in total. The van der Waals surface area contributed by atoms with Crippen molar-refractivity contribution in [1.29, 1.82) is 0 Å². The molecule has 2 aromatic heterocycles. The van der Waals surface area contributed by atoms with Crippen molar-refractivity contribution in [1.82, 2.24) is 4.98 Å². The lowest BCUT2D eigenvalue weighted by Gasteiger charge is -2.09. The molecule has 150 valence electrons. The Kier molecular flexibility index (Phi) is 5.02. The molecule has 0 saturated heterocycles. The first-order chi connectivity index (χ1) is 15.1. The van der Waals surface area contributed by atoms with Gasteiger partial charge < -0.3 is 5.73 Å². The van der Waals surface area contributed by atoms with Gasteiger partial charge in [0, 0.05) is 21.5 Å². The summed E-state index contributed by atoms with van der Waals surface area (Å²) in [5.41, 5.74) is 11.4. The Morgan fingerprint density at radius 2 is 1.45 bits per heavy atom. The smallest absolute Gasteiger partial charge is 0.205 e. The van der Waals surface area contributed by atoms with Gasteiger partial charge in [-0.25, -0.2) is 4.98 Å². The average Bonchev–Trinajstić information content (AvgIpc) is 3.16. The van der Waals surface area contributed by atoms with Crippen molar-refractivity contribution >= 4 is 44.6 Å². The lowest BCUT2D eigenvalue weighted by atomic mass is 9.99. The van der Waals surface area contributed by atoms with Gasteiger partial charge in [0.05, 0.1) is 11.4 Å². The number of ketones is 1. The Morgan fingerprint density at radius 3 is 2.10 bits per heavy atom. The number of nitrogen functional groups attached to an aromatic ring is 1. The molecule has 0 atom stereocenters. The number of aromatic nitrogens is 1. The summed E-state index contributed by atoms with van der Waals surface area (Å²) in [7, 11) is 0. The van der Waals surface area contributed by atoms with Crippen LogP contribution in [0.1, 0.15) is 15.2 Å². The molecule has 0 aliphatic carbocycles. The Hall–Kier alpha value is -3.47. The van der Waals surface area contributed by atoms with Gasteiger partial charge in [-0.2, -0.15) is 0 Å². The molecule has 5 rings (SSSR count). The Bertz CT molecular complexity index is 1390. The van der Waals surface area contributed by atoms with Crippen LogP contribution < -0.4 is 5.73 Å². The summed E-state index contributed by atoms with van der Waals surface area (Å²) in [6, 6.07) is 29.0. The third-order valence-corrected chi connectivity index (χ3v) is 6.52. The van der Waals surface area contributed by atoms with E-state index in [2.05, 4.69) is 0 Å². The predicted octanol–water partition coefficient (Wildman–Crippen LogP) is 7.10. The van der Waals surface area contributed by atoms with Gasteiger partial charge in [0.2, 0.25) is 5.78 Å². The molecule has 3 nitrogen and oxygen atoms in total. The molecule has 0 radical (unpaired) electrons. The van der Waals surface area contributed by atoms with Gasteiger partial charge in [0.1, 0.15) is 9.71 Å². The van der Waals surface area contributed by atoms with E-state index in [0.29, 0.717) is 21.2 Å². The van der Waals surface area contributed by atoms with Crippen LogP contribution in [0.25, 0.3) is 32.6 Å². The molecular formula is C26H17ClN2OS. The highest BCUT2D eigenvalue weighted by molar-refractivity contribution is 7.21. The number of anilines is 1. The van der Waals surface area contributed by atoms with E-state index >= 15 is 0 Å². The number of carbonyl (C=O) groups is 1. The molecule has 0 fully saturated rings. The number of nitrogens with two attached hydrogens (primary N) is 1. The van der Waals surface area contributed by atoms with Crippen LogP contribution in [-0.2, 0) is 0 Å². The van der Waals surface area contributed by atoms with Crippen molar-refractivity contribution in [3.8, 4) is 22.4 Å². The van der Waals surface area contributed by atoms with E-state index < -0.39 is 0 Å². The number of benzene rings is 3. The highest BCUT2D eigenvalue weighted by Crippen LogP contribution is 2.42. The topological polar surface area (TPSA) is 56.0 Å². The van der Waals surface area contributed by atoms with E-state index in [-0.39, 0.29) is 5.78 Å². The second-order valence-corrected chi connectivity index (χ2v) is 8.58. The fourth-order valence-electron chi connectivity index (χ4n) is 3.62. The van der Waals surface area contributed by atoms with Gasteiger partial charge in [0.25, 0.3) is 0 Å². The second-order valence-electron chi connectivity index (χ2n) is 7.15. The zero-order valence-electron chi connectivity index (χ0n) is 16.4. The number of thiophene rings is 1. The number of fused-ring (bicyclic) bond motifs is 1. The zero-order chi connectivity index (χ0) is 21.4. The number of nitrogens with zero attached hydrogens (tertiary/aromatic N) is 1. The zero-order valence-corrected chi connectivity index (χ0v) is 18.0. The number of carbonyl (C=O) groups excluding carboxylic acids is 1. The minimum atomic E-state index is -0.127. The lowest BCUT2D eigenvalue weighted by Crippen LogP contribution is -2.02. The van der Waals surface area contributed by atoms with Crippen LogP contribution in [0.4, 0.5) is 5.69 Å². The normalized spacial score (nSPS) is 11.0. The molecule has 0 spiro atoms. The van der Waals surface area contributed by atoms with E-state index in [1.54, 1.807) is 24.3 Å². The highest BCUT2D eigenvalue weighted by Gasteiger charge is 2.22. The van der Waals surface area contributed by atoms with Crippen molar-refractivity contribution in [2.75, 3.05) is 5.73 Å². The van der Waals surface area contributed by atoms with Crippen LogP contribution >= 0.6 is 22.9 Å². The summed E-state index contributed by atoms with van der Waals surface area (Å²) < 4.78 is 0. The first-order valence-electron chi connectivity index (χ1n) is 9.76. The molecule has 2 heterocycles. The Balaban J connectivity index is 1.75. The Labute approximate surface area is 188 Å². The molecule has 5 heteroatoms. The summed E-state index contributed by atoms with van der Waals surface area (Å²) in [6.45, 7) is 0. The van der Waals surface area contributed by atoms with Crippen LogP contribution in [0.5, 0.6) is 0 Å². The van der Waals surface area contributed by atoms with Crippen LogP contribution in [0, 0.1) is 0 Å². The maximum Gasteiger partial charge on any atom is 0.205 e. The lowest BCUT2D eigenvalue weighted by molar-refractivity contribution is 0.104. The van der Waals surface area contributed by atoms with E-state index in [9.17, 15) is 4.79 Å². The van der Waals surface area contributed by atoms with Gasteiger partial charge in [-0.3, -0.25) is 4.79 Å². The van der Waals surface area contributed by atoms with Gasteiger partial charge in [-0.05, 0) is 41.5 Å². The third kappa shape index (κ3) is 3.61. The first kappa shape index (κ1) is 19.5. The molecule has 0 saturated carbocycles. The minimum absolute atomic E-state index is 0.127. The SMILES string of the molecule is Nc1c(C(=O)c2ccc(Cl)cc2)sc2nc(-c3ccccc3)cc(-c3ccccc3)c12. The largest absolute Gasteiger partial charge is 0.397 e. The molecule has 5 aromatic rings. The maximum atomic E-state index is 13.2. The van der Waals surface area contributed by atoms with Crippen LogP contribution in [0.2, 0.25) is 5.02 Å². The van der Waals surface area contributed by atoms with Gasteiger partial charge >= 0.3 is 0 Å². The highest BCUT2D eigenvalue weighted by atomic mass is 35.5. The van der Waals surface area contributed by atoms with Gasteiger partial charge in [-0.15, -0.1) is 11.3 Å². The fraction of sp³-hybridized carbons (Fsp3) is 0. The van der Waals surface area contributed by atoms with Crippen molar-refractivity contribution in [2.24, 2.45) is 0 Å². The van der Waals surface area contributed by atoms with Crippen LogP contribution in [0.15, 0.2) is 91.0 Å². The molecule has 0 bridgehead atoms.